The number of aromatic nitrogens is 1. The van der Waals surface area contributed by atoms with Crippen molar-refractivity contribution in [2.75, 3.05) is 5.32 Å². The summed E-state index contributed by atoms with van der Waals surface area (Å²) in [6.45, 7) is 3.69. The van der Waals surface area contributed by atoms with Crippen LogP contribution in [-0.2, 0) is 0 Å². The molecule has 0 radical (unpaired) electrons. The Morgan fingerprint density at radius 2 is 1.93 bits per heavy atom. The molecule has 6 nitrogen and oxygen atoms in total. The number of hydrazone groups is 1. The van der Waals surface area contributed by atoms with Crippen molar-refractivity contribution in [3.05, 3.63) is 81.8 Å². The maximum atomic E-state index is 12.4. The number of benzene rings is 1. The highest BCUT2D eigenvalue weighted by molar-refractivity contribution is 7.12. The number of rotatable bonds is 5. The first kappa shape index (κ1) is 18.5. The minimum absolute atomic E-state index is 0.141. The number of thiophene rings is 1. The molecule has 0 atom stereocenters. The van der Waals surface area contributed by atoms with Gasteiger partial charge in [-0.3, -0.25) is 14.6 Å². The zero-order valence-corrected chi connectivity index (χ0v) is 15.7. The van der Waals surface area contributed by atoms with Crippen molar-refractivity contribution < 1.29 is 9.59 Å². The molecule has 0 saturated heterocycles. The minimum atomic E-state index is -0.382. The summed E-state index contributed by atoms with van der Waals surface area (Å²) in [4.78, 5) is 29.0. The lowest BCUT2D eigenvalue weighted by atomic mass is 10.1. The Balaban J connectivity index is 1.70. The van der Waals surface area contributed by atoms with E-state index in [0.717, 1.165) is 11.1 Å². The van der Waals surface area contributed by atoms with E-state index in [4.69, 9.17) is 0 Å². The summed E-state index contributed by atoms with van der Waals surface area (Å²) in [5.41, 5.74) is 5.79. The van der Waals surface area contributed by atoms with E-state index in [1.807, 2.05) is 42.6 Å². The third kappa shape index (κ3) is 4.65. The van der Waals surface area contributed by atoms with Crippen LogP contribution in [0.1, 0.15) is 38.2 Å². The van der Waals surface area contributed by atoms with Crippen molar-refractivity contribution in [3.8, 4) is 0 Å². The van der Waals surface area contributed by atoms with Crippen LogP contribution in [-0.4, -0.2) is 22.5 Å². The lowest BCUT2D eigenvalue weighted by molar-refractivity contribution is 0.0949. The van der Waals surface area contributed by atoms with E-state index < -0.39 is 0 Å². The number of hydrogen-bond acceptors (Lipinski definition) is 5. The highest BCUT2D eigenvalue weighted by Gasteiger charge is 2.11. The molecule has 27 heavy (non-hydrogen) atoms. The second-order valence-corrected chi connectivity index (χ2v) is 6.74. The van der Waals surface area contributed by atoms with E-state index in [0.29, 0.717) is 22.0 Å². The summed E-state index contributed by atoms with van der Waals surface area (Å²) in [6, 6.07) is 14.3. The molecule has 0 spiro atoms. The molecule has 0 bridgehead atoms. The Labute approximate surface area is 161 Å². The molecule has 0 unspecified atom stereocenters. The van der Waals surface area contributed by atoms with Crippen molar-refractivity contribution in [2.45, 2.75) is 13.8 Å². The summed E-state index contributed by atoms with van der Waals surface area (Å²) in [7, 11) is 0. The number of anilines is 1. The highest BCUT2D eigenvalue weighted by Crippen LogP contribution is 2.18. The lowest BCUT2D eigenvalue weighted by Gasteiger charge is -2.07. The average molecular weight is 378 g/mol. The largest absolute Gasteiger partial charge is 0.321 e. The molecule has 3 aromatic rings. The Morgan fingerprint density at radius 3 is 2.63 bits per heavy atom. The van der Waals surface area contributed by atoms with Crippen LogP contribution in [0.3, 0.4) is 0 Å². The van der Waals surface area contributed by atoms with E-state index in [-0.39, 0.29) is 11.8 Å². The Hall–Kier alpha value is -3.32. The van der Waals surface area contributed by atoms with E-state index in [9.17, 15) is 9.59 Å². The molecule has 3 rings (SSSR count). The quantitative estimate of drug-likeness (QED) is 0.522. The van der Waals surface area contributed by atoms with Crippen molar-refractivity contribution in [1.82, 2.24) is 10.4 Å². The molecule has 2 heterocycles. The molecule has 0 aliphatic heterocycles. The molecular formula is C20H18N4O2S. The van der Waals surface area contributed by atoms with Crippen molar-refractivity contribution in [3.63, 3.8) is 0 Å². The number of carbonyl (C=O) groups excluding carboxylic acids is 2. The van der Waals surface area contributed by atoms with Gasteiger partial charge in [0.25, 0.3) is 11.8 Å². The van der Waals surface area contributed by atoms with Crippen LogP contribution >= 0.6 is 11.3 Å². The lowest BCUT2D eigenvalue weighted by Crippen LogP contribution is -2.20. The third-order valence-corrected chi connectivity index (χ3v) is 4.84. The van der Waals surface area contributed by atoms with Gasteiger partial charge in [-0.05, 0) is 60.7 Å². The summed E-state index contributed by atoms with van der Waals surface area (Å²) in [5, 5.41) is 8.90. The van der Waals surface area contributed by atoms with Gasteiger partial charge in [-0.25, -0.2) is 5.43 Å². The predicted octanol–water partition coefficient (Wildman–Crippen LogP) is 3.86. The van der Waals surface area contributed by atoms with Crippen molar-refractivity contribution in [1.29, 1.82) is 0 Å². The number of nitrogens with zero attached hydrogens (tertiary/aromatic N) is 2. The standard InChI is InChI=1S/C20H18N4O2S/c1-13-9-11-27-18(13)20(26)22-16-7-5-6-15(12-16)14(2)23-24-19(25)17-8-3-4-10-21-17/h3-12H,1-2H3,(H,22,26)(H,24,25)/b23-14-. The maximum absolute atomic E-state index is 12.4. The van der Waals surface area contributed by atoms with Crippen LogP contribution < -0.4 is 10.7 Å². The van der Waals surface area contributed by atoms with Gasteiger partial charge in [-0.2, -0.15) is 5.10 Å². The second-order valence-electron chi connectivity index (χ2n) is 5.82. The summed E-state index contributed by atoms with van der Waals surface area (Å²) in [6.07, 6.45) is 1.55. The predicted molar refractivity (Wildman–Crippen MR) is 107 cm³/mol. The van der Waals surface area contributed by atoms with Gasteiger partial charge < -0.3 is 5.32 Å². The van der Waals surface area contributed by atoms with Crippen LogP contribution in [0.25, 0.3) is 0 Å². The van der Waals surface area contributed by atoms with E-state index >= 15 is 0 Å². The number of hydrogen-bond donors (Lipinski definition) is 2. The first-order chi connectivity index (χ1) is 13.0. The molecule has 0 fully saturated rings. The molecule has 0 saturated carbocycles. The van der Waals surface area contributed by atoms with Gasteiger partial charge in [-0.1, -0.05) is 18.2 Å². The fraction of sp³-hybridized carbons (Fsp3) is 0.100. The van der Waals surface area contributed by atoms with Gasteiger partial charge >= 0.3 is 0 Å². The summed E-state index contributed by atoms with van der Waals surface area (Å²) >= 11 is 1.41. The molecule has 2 amide bonds. The third-order valence-electron chi connectivity index (χ3n) is 3.83. The van der Waals surface area contributed by atoms with Crippen LogP contribution in [0.5, 0.6) is 0 Å². The van der Waals surface area contributed by atoms with Crippen LogP contribution in [0, 0.1) is 6.92 Å². The zero-order valence-electron chi connectivity index (χ0n) is 14.9. The molecule has 0 aliphatic rings. The number of carbonyl (C=O) groups is 2. The number of pyridine rings is 1. The van der Waals surface area contributed by atoms with Gasteiger partial charge in [0.1, 0.15) is 5.69 Å². The SMILES string of the molecule is C/C(=N/NC(=O)c1ccccn1)c1cccc(NC(=O)c2sccc2C)c1. The molecular weight excluding hydrogens is 360 g/mol. The summed E-state index contributed by atoms with van der Waals surface area (Å²) < 4.78 is 0. The van der Waals surface area contributed by atoms with Crippen molar-refractivity contribution in [2.24, 2.45) is 5.10 Å². The second kappa shape index (κ2) is 8.37. The first-order valence-electron chi connectivity index (χ1n) is 8.26. The Bertz CT molecular complexity index is 996. The number of aryl methyl sites for hydroxylation is 1. The van der Waals surface area contributed by atoms with Gasteiger partial charge in [0.05, 0.1) is 10.6 Å². The van der Waals surface area contributed by atoms with E-state index in [1.165, 1.54) is 11.3 Å². The van der Waals surface area contributed by atoms with Gasteiger partial charge in [0.15, 0.2) is 0 Å². The smallest absolute Gasteiger partial charge is 0.289 e. The van der Waals surface area contributed by atoms with Crippen LogP contribution in [0.15, 0.2) is 65.2 Å². The van der Waals surface area contributed by atoms with Crippen molar-refractivity contribution >= 4 is 34.6 Å². The molecule has 136 valence electrons. The normalized spacial score (nSPS) is 11.1. The molecule has 7 heteroatoms. The maximum Gasteiger partial charge on any atom is 0.289 e. The number of nitrogens with one attached hydrogen (secondary N) is 2. The topological polar surface area (TPSA) is 83.4 Å². The Kier molecular flexibility index (Phi) is 5.73. The monoisotopic (exact) mass is 378 g/mol. The van der Waals surface area contributed by atoms with E-state index in [2.05, 4.69) is 20.8 Å². The minimum Gasteiger partial charge on any atom is -0.321 e. The highest BCUT2D eigenvalue weighted by atomic mass is 32.1. The first-order valence-corrected chi connectivity index (χ1v) is 9.14. The molecule has 0 aliphatic carbocycles. The number of amides is 2. The van der Waals surface area contributed by atoms with Gasteiger partial charge in [0.2, 0.25) is 0 Å². The fourth-order valence-electron chi connectivity index (χ4n) is 2.37. The molecule has 1 aromatic carbocycles. The zero-order chi connectivity index (χ0) is 19.2. The van der Waals surface area contributed by atoms with E-state index in [1.54, 1.807) is 31.3 Å². The average Bonchev–Trinajstić information content (AvgIpc) is 3.12. The van der Waals surface area contributed by atoms with Gasteiger partial charge in [-0.15, -0.1) is 11.3 Å². The molecule has 2 N–H and O–H groups in total. The fourth-order valence-corrected chi connectivity index (χ4v) is 3.19. The van der Waals surface area contributed by atoms with Gasteiger partial charge in [0, 0.05) is 11.9 Å². The van der Waals surface area contributed by atoms with Crippen LogP contribution in [0.2, 0.25) is 0 Å². The Morgan fingerprint density at radius 1 is 1.07 bits per heavy atom. The molecule has 2 aromatic heterocycles. The summed E-state index contributed by atoms with van der Waals surface area (Å²) in [5.74, 6) is -0.523. The van der Waals surface area contributed by atoms with Crippen LogP contribution in [0.4, 0.5) is 5.69 Å².